The molecule has 8 heteroatoms. The summed E-state index contributed by atoms with van der Waals surface area (Å²) in [4.78, 5) is 26.3. The van der Waals surface area contributed by atoms with E-state index in [1.54, 1.807) is 28.6 Å². The molecule has 29 heavy (non-hydrogen) atoms. The molecule has 0 aliphatic carbocycles. The molecule has 0 aliphatic rings. The van der Waals surface area contributed by atoms with Crippen LogP contribution in [0.2, 0.25) is 0 Å². The molecule has 0 bridgehead atoms. The van der Waals surface area contributed by atoms with Gasteiger partial charge in [-0.1, -0.05) is 54.2 Å². The van der Waals surface area contributed by atoms with Crippen LogP contribution in [0, 0.1) is 5.82 Å². The van der Waals surface area contributed by atoms with E-state index in [0.29, 0.717) is 18.1 Å². The standard InChI is InChI=1S/C21H23FN4O2S/c1-15(17-8-10-18(22)11-9-17)25(2)19(27)14-29-21-24-23-20(28)26(21)13-12-16-6-4-3-5-7-16/h3-11,15H,12-14H2,1-2H3,(H,23,28). The molecule has 1 atom stereocenters. The first kappa shape index (κ1) is 20.9. The minimum Gasteiger partial charge on any atom is -0.338 e. The average molecular weight is 415 g/mol. The van der Waals surface area contributed by atoms with Crippen LogP contribution in [0.5, 0.6) is 0 Å². The maximum absolute atomic E-state index is 13.1. The van der Waals surface area contributed by atoms with Gasteiger partial charge >= 0.3 is 5.69 Å². The number of nitrogens with one attached hydrogen (secondary N) is 1. The predicted molar refractivity (Wildman–Crippen MR) is 111 cm³/mol. The summed E-state index contributed by atoms with van der Waals surface area (Å²) in [5, 5.41) is 6.99. The summed E-state index contributed by atoms with van der Waals surface area (Å²) in [6, 6.07) is 15.8. The number of thioether (sulfide) groups is 1. The summed E-state index contributed by atoms with van der Waals surface area (Å²) in [5.41, 5.74) is 1.69. The summed E-state index contributed by atoms with van der Waals surface area (Å²) in [6.07, 6.45) is 0.698. The van der Waals surface area contributed by atoms with Crippen LogP contribution >= 0.6 is 11.8 Å². The molecule has 0 radical (unpaired) electrons. The molecule has 1 N–H and O–H groups in total. The molecule has 2 aromatic carbocycles. The second-order valence-electron chi connectivity index (χ2n) is 6.72. The van der Waals surface area contributed by atoms with Gasteiger partial charge in [0.2, 0.25) is 5.91 Å². The van der Waals surface area contributed by atoms with Gasteiger partial charge in [-0.3, -0.25) is 9.36 Å². The first-order valence-corrected chi connectivity index (χ1v) is 10.3. The summed E-state index contributed by atoms with van der Waals surface area (Å²) in [5.74, 6) is -0.258. The molecule has 3 aromatic rings. The van der Waals surface area contributed by atoms with E-state index in [1.165, 1.54) is 23.9 Å². The molecule has 1 amide bonds. The molecule has 1 aromatic heterocycles. The van der Waals surface area contributed by atoms with Crippen LogP contribution in [0.4, 0.5) is 4.39 Å². The van der Waals surface area contributed by atoms with Gasteiger partial charge in [0, 0.05) is 13.6 Å². The third kappa shape index (κ3) is 5.35. The fourth-order valence-corrected chi connectivity index (χ4v) is 3.80. The number of benzene rings is 2. The zero-order chi connectivity index (χ0) is 20.8. The summed E-state index contributed by atoms with van der Waals surface area (Å²) in [6.45, 7) is 2.37. The van der Waals surface area contributed by atoms with Gasteiger partial charge in [0.1, 0.15) is 5.82 Å². The van der Waals surface area contributed by atoms with Crippen LogP contribution < -0.4 is 5.69 Å². The SMILES string of the molecule is CC(c1ccc(F)cc1)N(C)C(=O)CSc1n[nH]c(=O)n1CCc1ccccc1. The lowest BCUT2D eigenvalue weighted by Crippen LogP contribution is -2.31. The van der Waals surface area contributed by atoms with Crippen molar-refractivity contribution >= 4 is 17.7 Å². The first-order chi connectivity index (χ1) is 14.0. The monoisotopic (exact) mass is 414 g/mol. The fraction of sp³-hybridized carbons (Fsp3) is 0.286. The highest BCUT2D eigenvalue weighted by atomic mass is 32.2. The van der Waals surface area contributed by atoms with Crippen molar-refractivity contribution in [2.75, 3.05) is 12.8 Å². The van der Waals surface area contributed by atoms with Crippen molar-refractivity contribution < 1.29 is 9.18 Å². The number of rotatable bonds is 8. The van der Waals surface area contributed by atoms with E-state index < -0.39 is 0 Å². The number of amides is 1. The van der Waals surface area contributed by atoms with Crippen molar-refractivity contribution in [3.63, 3.8) is 0 Å². The number of hydrogen-bond acceptors (Lipinski definition) is 4. The molecule has 1 heterocycles. The van der Waals surface area contributed by atoms with Crippen LogP contribution in [0.25, 0.3) is 0 Å². The molecule has 0 spiro atoms. The normalized spacial score (nSPS) is 12.0. The van der Waals surface area contributed by atoms with Crippen molar-refractivity contribution in [2.45, 2.75) is 31.1 Å². The van der Waals surface area contributed by atoms with Crippen molar-refractivity contribution in [1.29, 1.82) is 0 Å². The molecular formula is C21H23FN4O2S. The number of aromatic nitrogens is 3. The number of carbonyl (C=O) groups is 1. The van der Waals surface area contributed by atoms with E-state index in [-0.39, 0.29) is 29.2 Å². The van der Waals surface area contributed by atoms with E-state index in [1.807, 2.05) is 37.3 Å². The highest BCUT2D eigenvalue weighted by molar-refractivity contribution is 7.99. The average Bonchev–Trinajstić information content (AvgIpc) is 3.10. The fourth-order valence-electron chi connectivity index (χ4n) is 2.91. The Balaban J connectivity index is 1.60. The Morgan fingerprint density at radius 3 is 2.59 bits per heavy atom. The minimum absolute atomic E-state index is 0.100. The van der Waals surface area contributed by atoms with E-state index in [9.17, 15) is 14.0 Å². The van der Waals surface area contributed by atoms with Crippen LogP contribution in [0.3, 0.4) is 0 Å². The Morgan fingerprint density at radius 2 is 1.90 bits per heavy atom. The third-order valence-electron chi connectivity index (χ3n) is 4.84. The third-order valence-corrected chi connectivity index (χ3v) is 5.80. The van der Waals surface area contributed by atoms with Gasteiger partial charge in [-0.05, 0) is 36.6 Å². The molecule has 6 nitrogen and oxygen atoms in total. The van der Waals surface area contributed by atoms with Crippen molar-refractivity contribution in [2.24, 2.45) is 0 Å². The minimum atomic E-state index is -0.308. The maximum atomic E-state index is 13.1. The van der Waals surface area contributed by atoms with Crippen LogP contribution in [0.1, 0.15) is 24.1 Å². The lowest BCUT2D eigenvalue weighted by molar-refractivity contribution is -0.128. The van der Waals surface area contributed by atoms with Gasteiger partial charge in [-0.15, -0.1) is 5.10 Å². The van der Waals surface area contributed by atoms with Crippen molar-refractivity contribution in [3.8, 4) is 0 Å². The molecule has 0 saturated carbocycles. The van der Waals surface area contributed by atoms with Gasteiger partial charge in [0.25, 0.3) is 0 Å². The van der Waals surface area contributed by atoms with Gasteiger partial charge in [0.15, 0.2) is 5.16 Å². The quantitative estimate of drug-likeness (QED) is 0.575. The smallest absolute Gasteiger partial charge is 0.338 e. The van der Waals surface area contributed by atoms with E-state index in [0.717, 1.165) is 11.1 Å². The number of H-pyrrole nitrogens is 1. The molecule has 1 unspecified atom stereocenters. The molecule has 152 valence electrons. The van der Waals surface area contributed by atoms with Crippen LogP contribution in [-0.2, 0) is 17.8 Å². The molecule has 3 rings (SSSR count). The molecular weight excluding hydrogens is 391 g/mol. The second kappa shape index (κ2) is 9.56. The van der Waals surface area contributed by atoms with Crippen LogP contribution in [0.15, 0.2) is 64.5 Å². The Hall–Kier alpha value is -2.87. The van der Waals surface area contributed by atoms with E-state index >= 15 is 0 Å². The Bertz CT molecular complexity index is 1000. The van der Waals surface area contributed by atoms with Gasteiger partial charge in [-0.2, -0.15) is 0 Å². The molecule has 0 saturated heterocycles. The lowest BCUT2D eigenvalue weighted by atomic mass is 10.1. The highest BCUT2D eigenvalue weighted by Crippen LogP contribution is 2.21. The summed E-state index contributed by atoms with van der Waals surface area (Å²) < 4.78 is 14.7. The Labute approximate surface area is 172 Å². The van der Waals surface area contributed by atoms with Gasteiger partial charge in [-0.25, -0.2) is 14.3 Å². The number of aryl methyl sites for hydroxylation is 1. The second-order valence-corrected chi connectivity index (χ2v) is 7.66. The first-order valence-electron chi connectivity index (χ1n) is 9.28. The number of aromatic amines is 1. The zero-order valence-electron chi connectivity index (χ0n) is 16.3. The summed E-state index contributed by atoms with van der Waals surface area (Å²) >= 11 is 1.22. The van der Waals surface area contributed by atoms with Gasteiger partial charge < -0.3 is 4.90 Å². The topological polar surface area (TPSA) is 71.0 Å². The van der Waals surface area contributed by atoms with Crippen molar-refractivity contribution in [1.82, 2.24) is 19.7 Å². The predicted octanol–water partition coefficient (Wildman–Crippen LogP) is 3.26. The largest absolute Gasteiger partial charge is 0.343 e. The number of hydrogen-bond donors (Lipinski definition) is 1. The van der Waals surface area contributed by atoms with E-state index in [4.69, 9.17) is 0 Å². The van der Waals surface area contributed by atoms with Gasteiger partial charge in [0.05, 0.1) is 11.8 Å². The summed E-state index contributed by atoms with van der Waals surface area (Å²) in [7, 11) is 1.71. The Kier molecular flexibility index (Phi) is 6.87. The number of halogens is 1. The number of nitrogens with zero attached hydrogens (tertiary/aromatic N) is 3. The maximum Gasteiger partial charge on any atom is 0.343 e. The zero-order valence-corrected chi connectivity index (χ0v) is 17.2. The highest BCUT2D eigenvalue weighted by Gasteiger charge is 2.19. The lowest BCUT2D eigenvalue weighted by Gasteiger charge is -2.25. The molecule has 0 fully saturated rings. The number of carbonyl (C=O) groups excluding carboxylic acids is 1. The molecule has 0 aliphatic heterocycles. The van der Waals surface area contributed by atoms with Crippen LogP contribution in [-0.4, -0.2) is 38.4 Å². The Morgan fingerprint density at radius 1 is 1.21 bits per heavy atom. The van der Waals surface area contributed by atoms with Crippen molar-refractivity contribution in [3.05, 3.63) is 82.0 Å². The van der Waals surface area contributed by atoms with E-state index in [2.05, 4.69) is 10.2 Å².